The summed E-state index contributed by atoms with van der Waals surface area (Å²) in [6.07, 6.45) is 3.79. The zero-order chi connectivity index (χ0) is 26.8. The number of piperazine rings is 1. The van der Waals surface area contributed by atoms with E-state index in [0.29, 0.717) is 55.3 Å². The number of benzene rings is 1. The Morgan fingerprint density at radius 1 is 1.13 bits per heavy atom. The first-order valence-corrected chi connectivity index (χ1v) is 13.0. The van der Waals surface area contributed by atoms with Gasteiger partial charge in [-0.3, -0.25) is 19.0 Å². The van der Waals surface area contributed by atoms with Crippen LogP contribution in [0.5, 0.6) is 0 Å². The lowest BCUT2D eigenvalue weighted by Gasteiger charge is -2.38. The average Bonchev–Trinajstić information content (AvgIpc) is 2.88. The summed E-state index contributed by atoms with van der Waals surface area (Å²) >= 11 is 6.62. The molecule has 2 saturated heterocycles. The maximum atomic E-state index is 12.7. The molecule has 0 bridgehead atoms. The molecule has 10 nitrogen and oxygen atoms in total. The molecular formula is C27H30ClN7O3. The molecule has 0 radical (unpaired) electrons. The molecule has 198 valence electrons. The van der Waals surface area contributed by atoms with E-state index in [2.05, 4.69) is 26.8 Å². The normalized spacial score (nSPS) is 15.9. The third kappa shape index (κ3) is 5.35. The van der Waals surface area contributed by atoms with Crippen molar-refractivity contribution in [1.82, 2.24) is 24.3 Å². The quantitative estimate of drug-likeness (QED) is 0.464. The topological polar surface area (TPSA) is 104 Å². The van der Waals surface area contributed by atoms with Crippen LogP contribution in [0.4, 0.5) is 17.3 Å². The smallest absolute Gasteiger partial charge is 0.252 e. The maximum absolute atomic E-state index is 12.7. The predicted octanol–water partition coefficient (Wildman–Crippen LogP) is 2.89. The van der Waals surface area contributed by atoms with Gasteiger partial charge in [-0.1, -0.05) is 18.2 Å². The molecule has 0 saturated carbocycles. The largest absolute Gasteiger partial charge is 0.367 e. The van der Waals surface area contributed by atoms with Crippen molar-refractivity contribution < 1.29 is 9.59 Å². The summed E-state index contributed by atoms with van der Waals surface area (Å²) in [6.45, 7) is 9.76. The van der Waals surface area contributed by atoms with Crippen molar-refractivity contribution in [2.24, 2.45) is 5.92 Å². The molecule has 38 heavy (non-hydrogen) atoms. The minimum Gasteiger partial charge on any atom is -0.367 e. The summed E-state index contributed by atoms with van der Waals surface area (Å²) in [7, 11) is 0. The summed E-state index contributed by atoms with van der Waals surface area (Å²) in [5.41, 5.74) is 2.07. The van der Waals surface area contributed by atoms with Crippen LogP contribution in [-0.2, 0) is 16.1 Å². The van der Waals surface area contributed by atoms with Crippen molar-refractivity contribution in [3.8, 4) is 0 Å². The Labute approximate surface area is 225 Å². The lowest BCUT2D eigenvalue weighted by Crippen LogP contribution is -2.49. The molecule has 1 aromatic carbocycles. The van der Waals surface area contributed by atoms with Crippen molar-refractivity contribution in [2.45, 2.75) is 19.9 Å². The van der Waals surface area contributed by atoms with Gasteiger partial charge in [-0.05, 0) is 42.7 Å². The number of nitrogens with one attached hydrogen (secondary N) is 1. The van der Waals surface area contributed by atoms with Gasteiger partial charge in [0.05, 0.1) is 10.7 Å². The van der Waals surface area contributed by atoms with E-state index in [1.165, 1.54) is 12.1 Å². The van der Waals surface area contributed by atoms with E-state index in [0.717, 1.165) is 36.3 Å². The standard InChI is InChI=1S/C27H30ClN7O3/c1-3-24(37)34-16-19(17-34)8-9-35-25(38)7-4-20-15-29-27(31-26(20)35)30-21-5-6-23(22(28)14-21)33-12-10-32(11-13-33)18(2)36/h3-7,14-15,19H,1,8-13,16-17H2,2H3,(H,29,30,31). The Kier molecular flexibility index (Phi) is 7.33. The molecule has 5 rings (SSSR count). The van der Waals surface area contributed by atoms with E-state index in [-0.39, 0.29) is 17.4 Å². The molecular weight excluding hydrogens is 506 g/mol. The van der Waals surface area contributed by atoms with Gasteiger partial charge in [0.15, 0.2) is 0 Å². The van der Waals surface area contributed by atoms with Crippen LogP contribution in [0.25, 0.3) is 11.0 Å². The van der Waals surface area contributed by atoms with E-state index < -0.39 is 0 Å². The third-order valence-corrected chi connectivity index (χ3v) is 7.50. The molecule has 2 aromatic heterocycles. The van der Waals surface area contributed by atoms with Crippen LogP contribution >= 0.6 is 11.6 Å². The molecule has 11 heteroatoms. The van der Waals surface area contributed by atoms with Gasteiger partial charge in [0, 0.05) is 76.1 Å². The number of carbonyl (C=O) groups is 2. The summed E-state index contributed by atoms with van der Waals surface area (Å²) in [6, 6.07) is 8.94. The van der Waals surface area contributed by atoms with Gasteiger partial charge in [-0.2, -0.15) is 4.98 Å². The van der Waals surface area contributed by atoms with Crippen molar-refractivity contribution in [2.75, 3.05) is 49.5 Å². The third-order valence-electron chi connectivity index (χ3n) is 7.20. The Morgan fingerprint density at radius 2 is 1.89 bits per heavy atom. The number of aromatic nitrogens is 3. The molecule has 2 aliphatic rings. The van der Waals surface area contributed by atoms with Gasteiger partial charge in [0.1, 0.15) is 5.65 Å². The van der Waals surface area contributed by atoms with E-state index in [4.69, 9.17) is 11.6 Å². The monoisotopic (exact) mass is 535 g/mol. The number of amides is 2. The van der Waals surface area contributed by atoms with Gasteiger partial charge in [-0.25, -0.2) is 4.98 Å². The molecule has 0 atom stereocenters. The number of halogens is 1. The highest BCUT2D eigenvalue weighted by molar-refractivity contribution is 6.33. The summed E-state index contributed by atoms with van der Waals surface area (Å²) in [4.78, 5) is 50.8. The van der Waals surface area contributed by atoms with E-state index in [1.54, 1.807) is 28.7 Å². The number of likely N-dealkylation sites (tertiary alicyclic amines) is 1. The first kappa shape index (κ1) is 25.7. The van der Waals surface area contributed by atoms with Crippen LogP contribution in [-0.4, -0.2) is 75.4 Å². The van der Waals surface area contributed by atoms with Gasteiger partial charge in [0.25, 0.3) is 5.56 Å². The van der Waals surface area contributed by atoms with Crippen LogP contribution in [0.1, 0.15) is 13.3 Å². The number of rotatable bonds is 7. The fourth-order valence-electron chi connectivity index (χ4n) is 4.95. The minimum atomic E-state index is -0.127. The summed E-state index contributed by atoms with van der Waals surface area (Å²) < 4.78 is 1.66. The van der Waals surface area contributed by atoms with E-state index in [1.807, 2.05) is 23.1 Å². The van der Waals surface area contributed by atoms with Gasteiger partial charge in [0.2, 0.25) is 17.8 Å². The zero-order valence-corrected chi connectivity index (χ0v) is 22.0. The van der Waals surface area contributed by atoms with Crippen LogP contribution in [0.2, 0.25) is 5.02 Å². The second-order valence-corrected chi connectivity index (χ2v) is 10.1. The Hall–Kier alpha value is -3.92. The SMILES string of the molecule is C=CC(=O)N1CC(CCn2c(=O)ccc3cnc(Nc4ccc(N5CCN(C(C)=O)CC5)c(Cl)c4)nc32)C1. The maximum Gasteiger partial charge on any atom is 0.252 e. The number of nitrogens with zero attached hydrogens (tertiary/aromatic N) is 6. The lowest BCUT2D eigenvalue weighted by atomic mass is 9.96. The number of pyridine rings is 1. The molecule has 3 aromatic rings. The zero-order valence-electron chi connectivity index (χ0n) is 21.3. The second-order valence-electron chi connectivity index (χ2n) is 9.68. The molecule has 0 spiro atoms. The first-order valence-electron chi connectivity index (χ1n) is 12.7. The molecule has 0 aliphatic carbocycles. The van der Waals surface area contributed by atoms with Crippen LogP contribution < -0.4 is 15.8 Å². The number of anilines is 3. The predicted molar refractivity (Wildman–Crippen MR) is 148 cm³/mol. The van der Waals surface area contributed by atoms with Crippen LogP contribution in [0.3, 0.4) is 0 Å². The highest BCUT2D eigenvalue weighted by Crippen LogP contribution is 2.30. The number of fused-ring (bicyclic) bond motifs is 1. The van der Waals surface area contributed by atoms with Crippen molar-refractivity contribution >= 4 is 51.8 Å². The molecule has 4 heterocycles. The molecule has 1 N–H and O–H groups in total. The lowest BCUT2D eigenvalue weighted by molar-refractivity contribution is -0.132. The van der Waals surface area contributed by atoms with Crippen molar-refractivity contribution in [3.05, 3.63) is 64.6 Å². The number of aryl methyl sites for hydroxylation is 1. The van der Waals surface area contributed by atoms with Gasteiger partial charge in [-0.15, -0.1) is 0 Å². The second kappa shape index (κ2) is 10.8. The highest BCUT2D eigenvalue weighted by atomic mass is 35.5. The van der Waals surface area contributed by atoms with Gasteiger partial charge < -0.3 is 20.0 Å². The molecule has 2 fully saturated rings. The number of carbonyl (C=O) groups excluding carboxylic acids is 2. The van der Waals surface area contributed by atoms with Crippen molar-refractivity contribution in [1.29, 1.82) is 0 Å². The number of hydrogen-bond acceptors (Lipinski definition) is 7. The fourth-order valence-corrected chi connectivity index (χ4v) is 5.25. The molecule has 0 unspecified atom stereocenters. The Balaban J connectivity index is 1.28. The number of hydrogen-bond donors (Lipinski definition) is 1. The minimum absolute atomic E-state index is 0.0595. The molecule has 2 aliphatic heterocycles. The summed E-state index contributed by atoms with van der Waals surface area (Å²) in [5, 5.41) is 4.56. The average molecular weight is 536 g/mol. The van der Waals surface area contributed by atoms with Gasteiger partial charge >= 0.3 is 0 Å². The van der Waals surface area contributed by atoms with Crippen LogP contribution in [0, 0.1) is 5.92 Å². The van der Waals surface area contributed by atoms with E-state index in [9.17, 15) is 14.4 Å². The molecule has 2 amide bonds. The van der Waals surface area contributed by atoms with E-state index >= 15 is 0 Å². The first-order chi connectivity index (χ1) is 18.3. The fraction of sp³-hybridized carbons (Fsp3) is 0.370. The highest BCUT2D eigenvalue weighted by Gasteiger charge is 2.29. The summed E-state index contributed by atoms with van der Waals surface area (Å²) in [5.74, 6) is 0.732. The Morgan fingerprint density at radius 3 is 2.58 bits per heavy atom. The Bertz CT molecular complexity index is 1440. The van der Waals surface area contributed by atoms with Crippen molar-refractivity contribution in [3.63, 3.8) is 0 Å². The van der Waals surface area contributed by atoms with Crippen LogP contribution in [0.15, 0.2) is 54.0 Å².